The Hall–Kier alpha value is -2.87. The number of hydrogen-bond acceptors (Lipinski definition) is 5. The molecular weight excluding hydrogens is 404 g/mol. The number of halogens is 1. The molecule has 0 atom stereocenters. The molecule has 0 unspecified atom stereocenters. The van der Waals surface area contributed by atoms with Gasteiger partial charge in [-0.3, -0.25) is 14.3 Å². The lowest BCUT2D eigenvalue weighted by atomic mass is 10.1. The molecule has 2 N–H and O–H groups in total. The van der Waals surface area contributed by atoms with Gasteiger partial charge in [0.15, 0.2) is 11.2 Å². The van der Waals surface area contributed by atoms with Crippen LogP contribution in [0.15, 0.2) is 39.0 Å². The molecule has 2 aromatic heterocycles. The highest BCUT2D eigenvalue weighted by molar-refractivity contribution is 6.30. The van der Waals surface area contributed by atoms with Crippen molar-refractivity contribution in [3.05, 3.63) is 55.7 Å². The fourth-order valence-corrected chi connectivity index (χ4v) is 3.43. The van der Waals surface area contributed by atoms with Crippen LogP contribution < -0.4 is 16.7 Å². The third-order valence-corrected chi connectivity index (χ3v) is 5.33. The van der Waals surface area contributed by atoms with Gasteiger partial charge in [-0.1, -0.05) is 56.3 Å². The zero-order chi connectivity index (χ0) is 21.7. The van der Waals surface area contributed by atoms with Crippen molar-refractivity contribution in [3.8, 4) is 0 Å². The second-order valence-corrected chi connectivity index (χ2v) is 7.74. The number of aromatic nitrogens is 4. The number of aryl methyl sites for hydroxylation is 2. The molecule has 0 aliphatic carbocycles. The van der Waals surface area contributed by atoms with Gasteiger partial charge in [0.2, 0.25) is 5.95 Å². The molecule has 0 amide bonds. The van der Waals surface area contributed by atoms with E-state index in [4.69, 9.17) is 11.6 Å². The van der Waals surface area contributed by atoms with Gasteiger partial charge in [0.1, 0.15) is 0 Å². The molecule has 0 bridgehead atoms. The Bertz CT molecular complexity index is 1160. The smallest absolute Gasteiger partial charge is 0.303 e. The van der Waals surface area contributed by atoms with E-state index in [1.165, 1.54) is 17.4 Å². The molecule has 0 radical (unpaired) electrons. The quantitative estimate of drug-likeness (QED) is 0.306. The summed E-state index contributed by atoms with van der Waals surface area (Å²) in [5, 5.41) is 5.09. The molecular formula is C21H27ClN6O2. The summed E-state index contributed by atoms with van der Waals surface area (Å²) < 4.78 is 3.14. The van der Waals surface area contributed by atoms with Crippen LogP contribution >= 0.6 is 11.6 Å². The standard InChI is InChI=1S/C21H27ClN6O2/c1-4-5-6-7-8-13-28-17-18(27(3)21(30)24-19(17)29)23-20(28)26-25-14(2)15-9-11-16(22)12-10-15/h9-12H,4-8,13H2,1-3H3,(H,23,26)(H,24,29,30). The Labute approximate surface area is 179 Å². The van der Waals surface area contributed by atoms with Crippen molar-refractivity contribution in [1.82, 2.24) is 19.1 Å². The number of fused-ring (bicyclic) bond motifs is 1. The van der Waals surface area contributed by atoms with Crippen molar-refractivity contribution < 1.29 is 0 Å². The van der Waals surface area contributed by atoms with Gasteiger partial charge in [0.25, 0.3) is 5.56 Å². The van der Waals surface area contributed by atoms with Crippen molar-refractivity contribution in [2.75, 3.05) is 5.43 Å². The largest absolute Gasteiger partial charge is 0.329 e. The topological polar surface area (TPSA) is 97.1 Å². The summed E-state index contributed by atoms with van der Waals surface area (Å²) in [5.41, 5.74) is 4.41. The molecule has 0 fully saturated rings. The lowest BCUT2D eigenvalue weighted by Crippen LogP contribution is -2.29. The van der Waals surface area contributed by atoms with Crippen LogP contribution in [-0.2, 0) is 13.6 Å². The first-order chi connectivity index (χ1) is 14.4. The molecule has 0 saturated carbocycles. The SMILES string of the molecule is CCCCCCCn1c(NN=C(C)c2ccc(Cl)cc2)nc2c1c(=O)[nH]c(=O)n2C. The second kappa shape index (κ2) is 9.75. The maximum Gasteiger partial charge on any atom is 0.329 e. The maximum absolute atomic E-state index is 12.5. The molecule has 3 aromatic rings. The number of unbranched alkanes of at least 4 members (excludes halogenated alkanes) is 4. The minimum absolute atomic E-state index is 0.333. The van der Waals surface area contributed by atoms with Gasteiger partial charge in [0, 0.05) is 18.6 Å². The molecule has 3 rings (SSSR count). The number of hydrogen-bond donors (Lipinski definition) is 2. The Morgan fingerprint density at radius 1 is 1.17 bits per heavy atom. The van der Waals surface area contributed by atoms with Gasteiger partial charge in [0.05, 0.1) is 5.71 Å². The number of aromatic amines is 1. The van der Waals surface area contributed by atoms with Crippen LogP contribution in [0.25, 0.3) is 11.2 Å². The first kappa shape index (κ1) is 21.8. The van der Waals surface area contributed by atoms with Gasteiger partial charge in [-0.2, -0.15) is 10.1 Å². The maximum atomic E-state index is 12.5. The lowest BCUT2D eigenvalue weighted by molar-refractivity contribution is 0.577. The van der Waals surface area contributed by atoms with Crippen molar-refractivity contribution in [2.45, 2.75) is 52.5 Å². The van der Waals surface area contributed by atoms with E-state index >= 15 is 0 Å². The molecule has 0 aliphatic rings. The van der Waals surface area contributed by atoms with E-state index in [1.807, 2.05) is 19.1 Å². The number of hydrazone groups is 1. The van der Waals surface area contributed by atoms with Gasteiger partial charge >= 0.3 is 5.69 Å². The van der Waals surface area contributed by atoms with Crippen LogP contribution in [0, 0.1) is 0 Å². The number of imidazole rings is 1. The summed E-state index contributed by atoms with van der Waals surface area (Å²) in [7, 11) is 1.59. The van der Waals surface area contributed by atoms with Gasteiger partial charge < -0.3 is 4.57 Å². The molecule has 1 aromatic carbocycles. The molecule has 0 spiro atoms. The molecule has 0 saturated heterocycles. The molecule has 9 heteroatoms. The Morgan fingerprint density at radius 2 is 1.87 bits per heavy atom. The van der Waals surface area contributed by atoms with Crippen LogP contribution in [-0.4, -0.2) is 24.8 Å². The lowest BCUT2D eigenvalue weighted by Gasteiger charge is -2.09. The first-order valence-electron chi connectivity index (χ1n) is 10.2. The van der Waals surface area contributed by atoms with E-state index in [0.29, 0.717) is 28.7 Å². The predicted molar refractivity (Wildman–Crippen MR) is 122 cm³/mol. The van der Waals surface area contributed by atoms with Crippen LogP contribution in [0.5, 0.6) is 0 Å². The van der Waals surface area contributed by atoms with E-state index < -0.39 is 11.2 Å². The highest BCUT2D eigenvalue weighted by Crippen LogP contribution is 2.18. The highest BCUT2D eigenvalue weighted by Gasteiger charge is 2.17. The van der Waals surface area contributed by atoms with Crippen molar-refractivity contribution in [3.63, 3.8) is 0 Å². The average Bonchev–Trinajstić information content (AvgIpc) is 3.10. The summed E-state index contributed by atoms with van der Waals surface area (Å²) in [6.45, 7) is 4.66. The molecule has 160 valence electrons. The van der Waals surface area contributed by atoms with E-state index in [-0.39, 0.29) is 0 Å². The number of rotatable bonds is 9. The van der Waals surface area contributed by atoms with E-state index in [2.05, 4.69) is 27.4 Å². The summed E-state index contributed by atoms with van der Waals surface area (Å²) in [6, 6.07) is 7.37. The minimum Gasteiger partial charge on any atom is -0.303 e. The number of anilines is 1. The van der Waals surface area contributed by atoms with Crippen LogP contribution in [0.2, 0.25) is 5.02 Å². The van der Waals surface area contributed by atoms with E-state index in [9.17, 15) is 9.59 Å². The predicted octanol–water partition coefficient (Wildman–Crippen LogP) is 3.88. The summed E-state index contributed by atoms with van der Waals surface area (Å²) in [5.74, 6) is 0.431. The normalized spacial score (nSPS) is 11.9. The molecule has 0 aliphatic heterocycles. The average molecular weight is 431 g/mol. The third-order valence-electron chi connectivity index (χ3n) is 5.08. The second-order valence-electron chi connectivity index (χ2n) is 7.31. The number of nitrogens with zero attached hydrogens (tertiary/aromatic N) is 4. The monoisotopic (exact) mass is 430 g/mol. The Morgan fingerprint density at radius 3 is 2.57 bits per heavy atom. The summed E-state index contributed by atoms with van der Waals surface area (Å²) >= 11 is 5.95. The van der Waals surface area contributed by atoms with Crippen molar-refractivity contribution in [1.29, 1.82) is 0 Å². The zero-order valence-corrected chi connectivity index (χ0v) is 18.3. The molecule has 2 heterocycles. The van der Waals surface area contributed by atoms with Gasteiger partial charge in [-0.05, 0) is 31.0 Å². The Kier molecular flexibility index (Phi) is 7.10. The van der Waals surface area contributed by atoms with E-state index in [0.717, 1.165) is 30.5 Å². The number of benzene rings is 1. The number of H-pyrrole nitrogens is 1. The fraction of sp³-hybridized carbons (Fsp3) is 0.429. The number of nitrogens with one attached hydrogen (secondary N) is 2. The molecule has 30 heavy (non-hydrogen) atoms. The minimum atomic E-state index is -0.493. The van der Waals surface area contributed by atoms with Crippen molar-refractivity contribution >= 4 is 34.4 Å². The summed E-state index contributed by atoms with van der Waals surface area (Å²) in [4.78, 5) is 31.3. The fourth-order valence-electron chi connectivity index (χ4n) is 3.30. The van der Waals surface area contributed by atoms with Gasteiger partial charge in [-0.15, -0.1) is 0 Å². The van der Waals surface area contributed by atoms with Crippen molar-refractivity contribution in [2.24, 2.45) is 12.1 Å². The highest BCUT2D eigenvalue weighted by atomic mass is 35.5. The van der Waals surface area contributed by atoms with Crippen LogP contribution in [0.3, 0.4) is 0 Å². The summed E-state index contributed by atoms with van der Waals surface area (Å²) in [6.07, 6.45) is 5.47. The Balaban J connectivity index is 1.94. The van der Waals surface area contributed by atoms with Crippen LogP contribution in [0.4, 0.5) is 5.95 Å². The third kappa shape index (κ3) is 4.81. The zero-order valence-electron chi connectivity index (χ0n) is 17.5. The van der Waals surface area contributed by atoms with Crippen LogP contribution in [0.1, 0.15) is 51.5 Å². The molecule has 8 nitrogen and oxygen atoms in total. The van der Waals surface area contributed by atoms with E-state index in [1.54, 1.807) is 23.7 Å². The first-order valence-corrected chi connectivity index (χ1v) is 10.6. The van der Waals surface area contributed by atoms with Gasteiger partial charge in [-0.25, -0.2) is 10.2 Å².